The third-order valence-corrected chi connectivity index (χ3v) is 4.33. The number of nitrogens with two attached hydrogens (primary N) is 2. The van der Waals surface area contributed by atoms with E-state index in [9.17, 15) is 0 Å². The Kier molecular flexibility index (Phi) is 13.1. The minimum atomic E-state index is -0.649. The highest BCUT2D eigenvalue weighted by Gasteiger charge is 2.20. The normalized spacial score (nSPS) is 12.9. The monoisotopic (exact) mass is 323 g/mol. The Morgan fingerprint density at radius 3 is 2.13 bits per heavy atom. The van der Waals surface area contributed by atoms with Crippen LogP contribution in [0.4, 0.5) is 0 Å². The summed E-state index contributed by atoms with van der Waals surface area (Å²) in [7, 11) is 0. The topological polar surface area (TPSA) is 64.1 Å². The molecular weight excluding hydrogens is 282 g/mol. The summed E-state index contributed by atoms with van der Waals surface area (Å²) in [5.74, 6) is 0. The summed E-state index contributed by atoms with van der Waals surface area (Å²) in [5, 5.41) is 3.41. The van der Waals surface area contributed by atoms with Crippen molar-refractivity contribution >= 4 is 0 Å². The molecule has 0 amide bonds. The lowest BCUT2D eigenvalue weighted by molar-refractivity contribution is 0.372. The van der Waals surface area contributed by atoms with Gasteiger partial charge in [0.2, 0.25) is 0 Å². The second-order valence-corrected chi connectivity index (χ2v) is 7.01. The zero-order valence-electron chi connectivity index (χ0n) is 15.7. The van der Waals surface area contributed by atoms with Crippen LogP contribution in [0.15, 0.2) is 24.9 Å². The summed E-state index contributed by atoms with van der Waals surface area (Å²) in [6, 6.07) is 0.275. The van der Waals surface area contributed by atoms with E-state index < -0.39 is 5.66 Å². The molecule has 0 aromatic rings. The minimum absolute atomic E-state index is 0.275. The van der Waals surface area contributed by atoms with E-state index in [-0.39, 0.29) is 6.04 Å². The zero-order chi connectivity index (χ0) is 17.6. The van der Waals surface area contributed by atoms with Crippen LogP contribution in [0.1, 0.15) is 90.9 Å². The van der Waals surface area contributed by atoms with Crippen LogP contribution in [0.5, 0.6) is 0 Å². The standard InChI is InChI=1S/C20H41N3/c1-5-8-10-11-12-13-14-16-20(21,22)17-18(4)23-19(7-3)15-9-6-2/h7,19,23H,3-6,8-17,21-22H2,1-2H3. The van der Waals surface area contributed by atoms with Gasteiger partial charge in [-0.3, -0.25) is 0 Å². The summed E-state index contributed by atoms with van der Waals surface area (Å²) in [6.45, 7) is 12.4. The van der Waals surface area contributed by atoms with Gasteiger partial charge in [-0.2, -0.15) is 0 Å². The lowest BCUT2D eigenvalue weighted by atomic mass is 9.97. The first-order valence-electron chi connectivity index (χ1n) is 9.59. The highest BCUT2D eigenvalue weighted by Crippen LogP contribution is 2.17. The fraction of sp³-hybridized carbons (Fsp3) is 0.800. The van der Waals surface area contributed by atoms with Gasteiger partial charge in [0.25, 0.3) is 0 Å². The first kappa shape index (κ1) is 22.2. The lowest BCUT2D eigenvalue weighted by Gasteiger charge is -2.28. The molecule has 0 saturated heterocycles. The van der Waals surface area contributed by atoms with Crippen molar-refractivity contribution < 1.29 is 0 Å². The summed E-state index contributed by atoms with van der Waals surface area (Å²) in [4.78, 5) is 0. The maximum absolute atomic E-state index is 6.25. The highest BCUT2D eigenvalue weighted by molar-refractivity contribution is 5.03. The molecule has 0 bridgehead atoms. The smallest absolute Gasteiger partial charge is 0.0692 e. The molecule has 3 nitrogen and oxygen atoms in total. The number of unbranched alkanes of at least 4 members (excludes halogenated alkanes) is 7. The molecule has 3 heteroatoms. The van der Waals surface area contributed by atoms with Crippen LogP contribution in [0.25, 0.3) is 0 Å². The van der Waals surface area contributed by atoms with Crippen molar-refractivity contribution in [3.8, 4) is 0 Å². The van der Waals surface area contributed by atoms with Crippen molar-refractivity contribution in [3.63, 3.8) is 0 Å². The number of rotatable bonds is 16. The van der Waals surface area contributed by atoms with E-state index in [1.807, 2.05) is 6.08 Å². The van der Waals surface area contributed by atoms with Crippen molar-refractivity contribution in [1.82, 2.24) is 5.32 Å². The Labute approximate surface area is 145 Å². The number of nitrogens with one attached hydrogen (secondary N) is 1. The fourth-order valence-corrected chi connectivity index (χ4v) is 2.88. The molecule has 0 fully saturated rings. The summed E-state index contributed by atoms with van der Waals surface area (Å²) >= 11 is 0. The molecule has 0 aliphatic rings. The van der Waals surface area contributed by atoms with Crippen molar-refractivity contribution in [2.75, 3.05) is 0 Å². The Morgan fingerprint density at radius 2 is 1.57 bits per heavy atom. The predicted molar refractivity (Wildman–Crippen MR) is 104 cm³/mol. The largest absolute Gasteiger partial charge is 0.383 e. The molecule has 1 atom stereocenters. The van der Waals surface area contributed by atoms with E-state index in [4.69, 9.17) is 11.5 Å². The number of hydrogen-bond donors (Lipinski definition) is 3. The van der Waals surface area contributed by atoms with Crippen LogP contribution in [0.3, 0.4) is 0 Å². The second kappa shape index (κ2) is 13.6. The molecule has 0 radical (unpaired) electrons. The molecule has 0 spiro atoms. The highest BCUT2D eigenvalue weighted by atomic mass is 15.0. The van der Waals surface area contributed by atoms with Crippen molar-refractivity contribution in [1.29, 1.82) is 0 Å². The molecule has 0 aromatic heterocycles. The van der Waals surface area contributed by atoms with E-state index in [0.29, 0.717) is 6.42 Å². The van der Waals surface area contributed by atoms with Crippen LogP contribution in [0, 0.1) is 0 Å². The van der Waals surface area contributed by atoms with Crippen LogP contribution < -0.4 is 16.8 Å². The quantitative estimate of drug-likeness (QED) is 0.213. The molecule has 0 rings (SSSR count). The molecule has 23 heavy (non-hydrogen) atoms. The van der Waals surface area contributed by atoms with Gasteiger partial charge < -0.3 is 16.8 Å². The van der Waals surface area contributed by atoms with E-state index >= 15 is 0 Å². The summed E-state index contributed by atoms with van der Waals surface area (Å²) in [6.07, 6.45) is 15.9. The van der Waals surface area contributed by atoms with E-state index in [1.54, 1.807) is 0 Å². The maximum Gasteiger partial charge on any atom is 0.0692 e. The van der Waals surface area contributed by atoms with Crippen LogP contribution in [-0.2, 0) is 0 Å². The van der Waals surface area contributed by atoms with Gasteiger partial charge in [0.1, 0.15) is 0 Å². The van der Waals surface area contributed by atoms with E-state index in [1.165, 1.54) is 51.4 Å². The molecule has 0 saturated carbocycles. The number of hydrogen-bond acceptors (Lipinski definition) is 3. The summed E-state index contributed by atoms with van der Waals surface area (Å²) in [5.41, 5.74) is 12.8. The van der Waals surface area contributed by atoms with Crippen molar-refractivity contribution in [2.45, 2.75) is 103 Å². The summed E-state index contributed by atoms with van der Waals surface area (Å²) < 4.78 is 0. The Morgan fingerprint density at radius 1 is 1.00 bits per heavy atom. The first-order chi connectivity index (χ1) is 10.9. The van der Waals surface area contributed by atoms with E-state index in [2.05, 4.69) is 32.3 Å². The molecule has 1 unspecified atom stereocenters. The minimum Gasteiger partial charge on any atom is -0.383 e. The first-order valence-corrected chi connectivity index (χ1v) is 9.59. The van der Waals surface area contributed by atoms with Gasteiger partial charge in [-0.05, 0) is 12.8 Å². The third-order valence-electron chi connectivity index (χ3n) is 4.33. The third kappa shape index (κ3) is 13.3. The fourth-order valence-electron chi connectivity index (χ4n) is 2.88. The molecule has 0 heterocycles. The SMILES string of the molecule is C=CC(CCCC)NC(=C)CC(N)(N)CCCCCCCCC. The second-order valence-electron chi connectivity index (χ2n) is 7.01. The average molecular weight is 324 g/mol. The molecule has 0 aromatic carbocycles. The molecule has 0 aliphatic heterocycles. The van der Waals surface area contributed by atoms with Gasteiger partial charge in [0.05, 0.1) is 5.66 Å². The lowest BCUT2D eigenvalue weighted by Crippen LogP contribution is -2.50. The Hall–Kier alpha value is -0.800. The molecule has 136 valence electrons. The molecular formula is C20H41N3. The van der Waals surface area contributed by atoms with Gasteiger partial charge in [-0.15, -0.1) is 6.58 Å². The van der Waals surface area contributed by atoms with Gasteiger partial charge in [-0.25, -0.2) is 0 Å². The average Bonchev–Trinajstić information content (AvgIpc) is 2.49. The van der Waals surface area contributed by atoms with Gasteiger partial charge in [0.15, 0.2) is 0 Å². The maximum atomic E-state index is 6.25. The van der Waals surface area contributed by atoms with Gasteiger partial charge in [-0.1, -0.05) is 84.3 Å². The Bertz CT molecular complexity index is 310. The van der Waals surface area contributed by atoms with Crippen LogP contribution in [0.2, 0.25) is 0 Å². The van der Waals surface area contributed by atoms with Crippen molar-refractivity contribution in [2.24, 2.45) is 11.5 Å². The predicted octanol–water partition coefficient (Wildman–Crippen LogP) is 4.98. The van der Waals surface area contributed by atoms with Crippen LogP contribution >= 0.6 is 0 Å². The zero-order valence-corrected chi connectivity index (χ0v) is 15.7. The van der Waals surface area contributed by atoms with Gasteiger partial charge >= 0.3 is 0 Å². The van der Waals surface area contributed by atoms with Crippen molar-refractivity contribution in [3.05, 3.63) is 24.9 Å². The molecule has 5 N–H and O–H groups in total. The van der Waals surface area contributed by atoms with Gasteiger partial charge in [0, 0.05) is 18.2 Å². The Balaban J connectivity index is 3.90. The van der Waals surface area contributed by atoms with E-state index in [0.717, 1.165) is 25.0 Å². The van der Waals surface area contributed by atoms with Crippen LogP contribution in [-0.4, -0.2) is 11.7 Å². The molecule has 0 aliphatic carbocycles.